The molecule has 4 aliphatic rings. The molecule has 8 nitrogen and oxygen atoms in total. The maximum absolute atomic E-state index is 6.62. The minimum absolute atomic E-state index is 0.0510. The first kappa shape index (κ1) is 44.5. The van der Waals surface area contributed by atoms with Crippen molar-refractivity contribution in [1.29, 1.82) is 0 Å². The summed E-state index contributed by atoms with van der Waals surface area (Å²) in [5, 5.41) is 0. The molecular weight excluding hydrogens is 777 g/mol. The lowest BCUT2D eigenvalue weighted by molar-refractivity contribution is 0.259. The molecule has 0 aromatic heterocycles. The van der Waals surface area contributed by atoms with E-state index in [1.807, 2.05) is 0 Å². The minimum atomic E-state index is -0.0510. The van der Waals surface area contributed by atoms with Gasteiger partial charge in [-0.25, -0.2) is 0 Å². The van der Waals surface area contributed by atoms with E-state index in [1.165, 1.54) is 66.8 Å². The third kappa shape index (κ3) is 10.3. The van der Waals surface area contributed by atoms with E-state index in [1.54, 1.807) is 0 Å². The van der Waals surface area contributed by atoms with Gasteiger partial charge in [-0.05, 0) is 118 Å². The van der Waals surface area contributed by atoms with E-state index in [-0.39, 0.29) is 36.3 Å². The van der Waals surface area contributed by atoms with Gasteiger partial charge in [0.2, 0.25) is 0 Å². The van der Waals surface area contributed by atoms with Crippen LogP contribution in [0, 0.1) is 0 Å². The van der Waals surface area contributed by atoms with Crippen molar-refractivity contribution in [3.8, 4) is 23.0 Å². The Morgan fingerprint density at radius 2 is 0.500 bits per heavy atom. The number of aryl methyl sites for hydroxylation is 8. The summed E-state index contributed by atoms with van der Waals surface area (Å²) in [6, 6.07) is 19.6. The van der Waals surface area contributed by atoms with Gasteiger partial charge in [0.15, 0.2) is 0 Å². The Balaban J connectivity index is 1.38. The summed E-state index contributed by atoms with van der Waals surface area (Å²) in [6.07, 6.45) is 7.64. The van der Waals surface area contributed by atoms with Crippen LogP contribution >= 0.6 is 0 Å². The maximum Gasteiger partial charge on any atom is 0.125 e. The maximum atomic E-state index is 6.62. The van der Waals surface area contributed by atoms with Crippen molar-refractivity contribution in [2.75, 3.05) is 52.9 Å². The molecule has 0 spiro atoms. The highest BCUT2D eigenvalue weighted by Gasteiger charge is 2.35. The van der Waals surface area contributed by atoms with Gasteiger partial charge in [0.05, 0.1) is 26.4 Å². The SMILES string of the molecule is CCc1cc(C(c2cc(CC)c(OCC3CO3)c(CC)c2)C(c2cc(CC)c(OCC3CO3)c(CC)c2)c2cc(CC)c(OCC3CO3)c(CC)c2)cc(CC)c1OCC1CO1. The predicted octanol–water partition coefficient (Wildman–Crippen LogP) is 10.3. The highest BCUT2D eigenvalue weighted by molar-refractivity contribution is 5.58. The second-order valence-corrected chi connectivity index (χ2v) is 17.5. The van der Waals surface area contributed by atoms with Crippen LogP contribution in [0.2, 0.25) is 0 Å². The van der Waals surface area contributed by atoms with Crippen molar-refractivity contribution in [2.45, 2.75) is 143 Å². The van der Waals surface area contributed by atoms with Crippen LogP contribution in [0.5, 0.6) is 23.0 Å². The molecular formula is C54H70O8. The number of rotatable bonds is 25. The largest absolute Gasteiger partial charge is 0.490 e. The fraction of sp³-hybridized carbons (Fsp3) is 0.556. The van der Waals surface area contributed by atoms with E-state index < -0.39 is 0 Å². The highest BCUT2D eigenvalue weighted by Crippen LogP contribution is 2.49. The van der Waals surface area contributed by atoms with Crippen LogP contribution in [0.4, 0.5) is 0 Å². The average Bonchev–Trinajstić information content (AvgIpc) is 4.09. The number of benzene rings is 4. The molecule has 62 heavy (non-hydrogen) atoms. The lowest BCUT2D eigenvalue weighted by Crippen LogP contribution is -2.19. The molecule has 8 heteroatoms. The summed E-state index contributed by atoms with van der Waals surface area (Å²) < 4.78 is 48.9. The van der Waals surface area contributed by atoms with Crippen molar-refractivity contribution in [2.24, 2.45) is 0 Å². The van der Waals surface area contributed by atoms with Crippen molar-refractivity contribution in [1.82, 2.24) is 0 Å². The fourth-order valence-corrected chi connectivity index (χ4v) is 9.20. The van der Waals surface area contributed by atoms with Gasteiger partial charge in [-0.1, -0.05) is 104 Å². The molecule has 0 saturated carbocycles. The Hall–Kier alpha value is -4.08. The van der Waals surface area contributed by atoms with Crippen molar-refractivity contribution in [3.63, 3.8) is 0 Å². The normalized spacial score (nSPS) is 20.7. The van der Waals surface area contributed by atoms with Crippen molar-refractivity contribution < 1.29 is 37.9 Å². The predicted molar refractivity (Wildman–Crippen MR) is 245 cm³/mol. The van der Waals surface area contributed by atoms with Crippen LogP contribution in [0.25, 0.3) is 0 Å². The molecule has 0 N–H and O–H groups in total. The van der Waals surface area contributed by atoms with E-state index in [9.17, 15) is 0 Å². The van der Waals surface area contributed by atoms with Crippen LogP contribution < -0.4 is 18.9 Å². The zero-order valence-corrected chi connectivity index (χ0v) is 38.7. The van der Waals surface area contributed by atoms with E-state index in [2.05, 4.69) is 104 Å². The van der Waals surface area contributed by atoms with Crippen LogP contribution in [0.1, 0.15) is 134 Å². The van der Waals surface area contributed by atoms with Crippen molar-refractivity contribution in [3.05, 3.63) is 115 Å². The molecule has 0 aliphatic carbocycles. The zero-order valence-electron chi connectivity index (χ0n) is 38.7. The number of ether oxygens (including phenoxy) is 8. The molecule has 0 bridgehead atoms. The molecule has 4 aromatic rings. The van der Waals surface area contributed by atoms with Gasteiger partial charge < -0.3 is 37.9 Å². The van der Waals surface area contributed by atoms with E-state index >= 15 is 0 Å². The van der Waals surface area contributed by atoms with E-state index in [0.717, 1.165) is 101 Å². The number of epoxide rings is 4. The monoisotopic (exact) mass is 847 g/mol. The molecule has 334 valence electrons. The van der Waals surface area contributed by atoms with Crippen LogP contribution in [-0.2, 0) is 70.3 Å². The molecule has 4 aromatic carbocycles. The summed E-state index contributed by atoms with van der Waals surface area (Å²) in [5.74, 6) is 3.97. The molecule has 4 saturated heterocycles. The topological polar surface area (TPSA) is 87.0 Å². The first-order valence-electron chi connectivity index (χ1n) is 23.9. The Labute approximate surface area is 370 Å². The highest BCUT2D eigenvalue weighted by atomic mass is 16.6. The fourth-order valence-electron chi connectivity index (χ4n) is 9.20. The molecule has 8 rings (SSSR count). The lowest BCUT2D eigenvalue weighted by atomic mass is 9.71. The van der Waals surface area contributed by atoms with Gasteiger partial charge in [0, 0.05) is 11.8 Å². The lowest BCUT2D eigenvalue weighted by Gasteiger charge is -2.33. The average molecular weight is 847 g/mol. The second-order valence-electron chi connectivity index (χ2n) is 17.5. The third-order valence-electron chi connectivity index (χ3n) is 13.1. The summed E-state index contributed by atoms with van der Waals surface area (Å²) in [6.45, 7) is 23.5. The van der Waals surface area contributed by atoms with Gasteiger partial charge in [-0.3, -0.25) is 0 Å². The van der Waals surface area contributed by atoms with Crippen molar-refractivity contribution >= 4 is 0 Å². The van der Waals surface area contributed by atoms with Gasteiger partial charge in [-0.2, -0.15) is 0 Å². The Morgan fingerprint density at radius 1 is 0.339 bits per heavy atom. The Morgan fingerprint density at radius 3 is 0.629 bits per heavy atom. The van der Waals surface area contributed by atoms with Gasteiger partial charge in [0.25, 0.3) is 0 Å². The minimum Gasteiger partial charge on any atom is -0.490 e. The summed E-state index contributed by atoms with van der Waals surface area (Å²) in [4.78, 5) is 0. The van der Waals surface area contributed by atoms with Crippen LogP contribution in [0.3, 0.4) is 0 Å². The Bertz CT molecular complexity index is 1760. The van der Waals surface area contributed by atoms with Gasteiger partial charge in [0.1, 0.15) is 73.8 Å². The molecule has 0 radical (unpaired) electrons. The Kier molecular flexibility index (Phi) is 14.5. The summed E-state index contributed by atoms with van der Waals surface area (Å²) >= 11 is 0. The summed E-state index contributed by atoms with van der Waals surface area (Å²) in [5.41, 5.74) is 15.1. The first-order valence-corrected chi connectivity index (χ1v) is 23.9. The first-order chi connectivity index (χ1) is 30.3. The molecule has 4 atom stereocenters. The number of hydrogen-bond acceptors (Lipinski definition) is 8. The van der Waals surface area contributed by atoms with Crippen LogP contribution in [-0.4, -0.2) is 77.3 Å². The van der Waals surface area contributed by atoms with Crippen LogP contribution in [0.15, 0.2) is 48.5 Å². The zero-order chi connectivity index (χ0) is 43.3. The molecule has 0 amide bonds. The molecule has 4 aliphatic heterocycles. The van der Waals surface area contributed by atoms with Gasteiger partial charge >= 0.3 is 0 Å². The standard InChI is InChI=1S/C54H70O8/c1-9-33-17-41(18-34(10-2)51(33)59-29-45-25-55-45)49(42-19-35(11-3)52(36(12-4)20-42)60-30-46-26-56-46)50(43-21-37(13-5)53(38(14-6)22-43)61-31-47-27-57-47)44-23-39(15-7)54(40(16-8)24-44)62-32-48-28-58-48/h17-24,45-50H,9-16,25-32H2,1-8H3. The van der Waals surface area contributed by atoms with E-state index in [4.69, 9.17) is 37.9 Å². The molecule has 4 heterocycles. The molecule has 4 unspecified atom stereocenters. The molecule has 4 fully saturated rings. The number of hydrogen-bond donors (Lipinski definition) is 0. The quantitative estimate of drug-likeness (QED) is 0.0610. The smallest absolute Gasteiger partial charge is 0.125 e. The summed E-state index contributed by atoms with van der Waals surface area (Å²) in [7, 11) is 0. The third-order valence-corrected chi connectivity index (χ3v) is 13.1. The second kappa shape index (κ2) is 20.2. The van der Waals surface area contributed by atoms with Gasteiger partial charge in [-0.15, -0.1) is 0 Å². The van der Waals surface area contributed by atoms with E-state index in [0.29, 0.717) is 26.4 Å².